The second kappa shape index (κ2) is 3.67. The lowest BCUT2D eigenvalue weighted by molar-refractivity contribution is -0.109. The molecule has 2 heterocycles. The molecule has 0 aliphatic rings. The van der Waals surface area contributed by atoms with Gasteiger partial charge in [-0.1, -0.05) is 11.6 Å². The van der Waals surface area contributed by atoms with Gasteiger partial charge in [0, 0.05) is 18.5 Å². The summed E-state index contributed by atoms with van der Waals surface area (Å²) in [7, 11) is 0. The van der Waals surface area contributed by atoms with Crippen LogP contribution in [0.1, 0.15) is 0 Å². The van der Waals surface area contributed by atoms with Crippen LogP contribution in [0.5, 0.6) is 5.75 Å². The fourth-order valence-electron chi connectivity index (χ4n) is 1.15. The molecule has 0 saturated carbocycles. The van der Waals surface area contributed by atoms with Crippen LogP contribution < -0.4 is 4.74 Å². The largest absolute Gasteiger partial charge is 0.483 e. The Hall–Kier alpha value is -1.55. The first kappa shape index (κ1) is 9.02. The van der Waals surface area contributed by atoms with Gasteiger partial charge in [0.05, 0.1) is 11.2 Å². The van der Waals surface area contributed by atoms with Crippen molar-refractivity contribution < 1.29 is 9.53 Å². The van der Waals surface area contributed by atoms with Crippen molar-refractivity contribution in [2.75, 3.05) is 6.61 Å². The summed E-state index contributed by atoms with van der Waals surface area (Å²) < 4.78 is 6.88. The standard InChI is InChI=1S/C9H7ClN2O2/c10-7-5-9-11-1-2-12(9)6-8(7)14-4-3-13/h1-3,5-6H,4H2. The van der Waals surface area contributed by atoms with E-state index in [0.717, 1.165) is 5.65 Å². The molecule has 0 radical (unpaired) electrons. The predicted molar refractivity (Wildman–Crippen MR) is 51.8 cm³/mol. The number of nitrogens with zero attached hydrogens (tertiary/aromatic N) is 2. The molecule has 0 saturated heterocycles. The van der Waals surface area contributed by atoms with Crippen molar-refractivity contribution in [2.24, 2.45) is 0 Å². The quantitative estimate of drug-likeness (QED) is 0.723. The Kier molecular flexibility index (Phi) is 2.37. The van der Waals surface area contributed by atoms with Crippen LogP contribution in [-0.2, 0) is 4.79 Å². The highest BCUT2D eigenvalue weighted by molar-refractivity contribution is 6.32. The Morgan fingerprint density at radius 3 is 3.29 bits per heavy atom. The Morgan fingerprint density at radius 1 is 1.64 bits per heavy atom. The predicted octanol–water partition coefficient (Wildman–Crippen LogP) is 1.57. The van der Waals surface area contributed by atoms with Gasteiger partial charge in [-0.15, -0.1) is 0 Å². The first-order chi connectivity index (χ1) is 6.81. The second-order valence-electron chi connectivity index (χ2n) is 2.66. The van der Waals surface area contributed by atoms with Gasteiger partial charge in [0.15, 0.2) is 12.0 Å². The number of halogens is 1. The van der Waals surface area contributed by atoms with E-state index in [-0.39, 0.29) is 6.61 Å². The average molecular weight is 211 g/mol. The fourth-order valence-corrected chi connectivity index (χ4v) is 1.35. The van der Waals surface area contributed by atoms with Gasteiger partial charge in [-0.3, -0.25) is 4.79 Å². The van der Waals surface area contributed by atoms with Crippen molar-refractivity contribution in [1.82, 2.24) is 9.38 Å². The van der Waals surface area contributed by atoms with E-state index in [9.17, 15) is 4.79 Å². The van der Waals surface area contributed by atoms with E-state index in [1.54, 1.807) is 29.1 Å². The normalized spacial score (nSPS) is 10.4. The Bertz CT molecular complexity index is 467. The molecular weight excluding hydrogens is 204 g/mol. The SMILES string of the molecule is O=CCOc1cn2ccnc2cc1Cl. The van der Waals surface area contributed by atoms with Gasteiger partial charge < -0.3 is 9.14 Å². The molecule has 0 atom stereocenters. The van der Waals surface area contributed by atoms with Gasteiger partial charge in [-0.25, -0.2) is 4.98 Å². The summed E-state index contributed by atoms with van der Waals surface area (Å²) in [6, 6.07) is 1.68. The molecule has 14 heavy (non-hydrogen) atoms. The maximum absolute atomic E-state index is 10.1. The number of carbonyl (C=O) groups is 1. The molecule has 0 spiro atoms. The monoisotopic (exact) mass is 210 g/mol. The molecule has 0 unspecified atom stereocenters. The third-order valence-corrected chi connectivity index (χ3v) is 2.05. The molecule has 0 bridgehead atoms. The number of aldehydes is 1. The smallest absolute Gasteiger partial charge is 0.157 e. The molecule has 0 N–H and O–H groups in total. The van der Waals surface area contributed by atoms with Gasteiger partial charge in [0.25, 0.3) is 0 Å². The topological polar surface area (TPSA) is 43.6 Å². The third kappa shape index (κ3) is 1.56. The van der Waals surface area contributed by atoms with Gasteiger partial charge in [-0.2, -0.15) is 0 Å². The molecule has 2 aromatic rings. The molecule has 0 aromatic carbocycles. The lowest BCUT2D eigenvalue weighted by atomic mass is 10.4. The average Bonchev–Trinajstić information content (AvgIpc) is 2.61. The van der Waals surface area contributed by atoms with Crippen LogP contribution in [0.2, 0.25) is 5.02 Å². The zero-order valence-corrected chi connectivity index (χ0v) is 7.94. The molecule has 2 aromatic heterocycles. The van der Waals surface area contributed by atoms with Crippen LogP contribution in [0.4, 0.5) is 0 Å². The Labute approximate surface area is 85.1 Å². The summed E-state index contributed by atoms with van der Waals surface area (Å²) in [5.74, 6) is 0.476. The number of hydrogen-bond acceptors (Lipinski definition) is 3. The lowest BCUT2D eigenvalue weighted by Gasteiger charge is -2.04. The molecule has 5 heteroatoms. The van der Waals surface area contributed by atoms with E-state index in [1.807, 2.05) is 0 Å². The van der Waals surface area contributed by atoms with Crippen LogP contribution in [0.25, 0.3) is 5.65 Å². The fraction of sp³-hybridized carbons (Fsp3) is 0.111. The highest BCUT2D eigenvalue weighted by Gasteiger charge is 2.04. The highest BCUT2D eigenvalue weighted by atomic mass is 35.5. The summed E-state index contributed by atoms with van der Waals surface area (Å²) >= 11 is 5.90. The number of ether oxygens (including phenoxy) is 1. The van der Waals surface area contributed by atoms with E-state index in [4.69, 9.17) is 16.3 Å². The molecule has 4 nitrogen and oxygen atoms in total. The van der Waals surface area contributed by atoms with Crippen LogP contribution in [0, 0.1) is 0 Å². The zero-order valence-electron chi connectivity index (χ0n) is 7.18. The van der Waals surface area contributed by atoms with E-state index >= 15 is 0 Å². The molecule has 72 valence electrons. The number of hydrogen-bond donors (Lipinski definition) is 0. The minimum absolute atomic E-state index is 0.0000756. The first-order valence-corrected chi connectivity index (χ1v) is 4.37. The van der Waals surface area contributed by atoms with E-state index < -0.39 is 0 Å². The highest BCUT2D eigenvalue weighted by Crippen LogP contribution is 2.24. The number of imidazole rings is 1. The van der Waals surface area contributed by atoms with Crippen LogP contribution in [0.15, 0.2) is 24.7 Å². The number of aromatic nitrogens is 2. The minimum Gasteiger partial charge on any atom is -0.483 e. The number of rotatable bonds is 3. The second-order valence-corrected chi connectivity index (χ2v) is 3.06. The van der Waals surface area contributed by atoms with Gasteiger partial charge in [-0.05, 0) is 0 Å². The minimum atomic E-state index is -0.0000756. The Morgan fingerprint density at radius 2 is 2.50 bits per heavy atom. The van der Waals surface area contributed by atoms with Crippen molar-refractivity contribution in [3.05, 3.63) is 29.7 Å². The molecule has 2 rings (SSSR count). The molecule has 0 aliphatic carbocycles. The van der Waals surface area contributed by atoms with Crippen molar-refractivity contribution in [3.63, 3.8) is 0 Å². The summed E-state index contributed by atoms with van der Waals surface area (Å²) in [5, 5.41) is 0.450. The van der Waals surface area contributed by atoms with Gasteiger partial charge >= 0.3 is 0 Å². The summed E-state index contributed by atoms with van der Waals surface area (Å²) in [6.07, 6.45) is 5.80. The maximum atomic E-state index is 10.1. The summed E-state index contributed by atoms with van der Waals surface area (Å²) in [6.45, 7) is -0.0000756. The zero-order chi connectivity index (χ0) is 9.97. The lowest BCUT2D eigenvalue weighted by Crippen LogP contribution is -1.99. The third-order valence-electron chi connectivity index (χ3n) is 1.75. The molecule has 0 aliphatic heterocycles. The van der Waals surface area contributed by atoms with Gasteiger partial charge in [0.2, 0.25) is 0 Å². The summed E-state index contributed by atoms with van der Waals surface area (Å²) in [5.41, 5.74) is 0.744. The molecular formula is C9H7ClN2O2. The maximum Gasteiger partial charge on any atom is 0.157 e. The van der Waals surface area contributed by atoms with Gasteiger partial charge in [0.1, 0.15) is 12.3 Å². The van der Waals surface area contributed by atoms with Crippen LogP contribution >= 0.6 is 11.6 Å². The van der Waals surface area contributed by atoms with Crippen LogP contribution in [0.3, 0.4) is 0 Å². The van der Waals surface area contributed by atoms with E-state index in [1.165, 1.54) is 0 Å². The van der Waals surface area contributed by atoms with Crippen LogP contribution in [-0.4, -0.2) is 22.3 Å². The Balaban J connectivity index is 2.42. The van der Waals surface area contributed by atoms with E-state index in [0.29, 0.717) is 17.1 Å². The molecule has 0 amide bonds. The first-order valence-electron chi connectivity index (χ1n) is 4.00. The summed E-state index contributed by atoms with van der Waals surface area (Å²) in [4.78, 5) is 14.2. The number of fused-ring (bicyclic) bond motifs is 1. The van der Waals surface area contributed by atoms with Crippen molar-refractivity contribution in [3.8, 4) is 5.75 Å². The number of carbonyl (C=O) groups excluding carboxylic acids is 1. The molecule has 0 fully saturated rings. The van der Waals surface area contributed by atoms with Crippen molar-refractivity contribution >= 4 is 23.5 Å². The van der Waals surface area contributed by atoms with E-state index in [2.05, 4.69) is 4.98 Å². The van der Waals surface area contributed by atoms with Crippen molar-refractivity contribution in [1.29, 1.82) is 0 Å². The van der Waals surface area contributed by atoms with Crippen molar-refractivity contribution in [2.45, 2.75) is 0 Å². The number of pyridine rings is 1.